The van der Waals surface area contributed by atoms with Gasteiger partial charge in [-0.1, -0.05) is 30.7 Å². The number of aliphatic carboxylic acids is 1. The van der Waals surface area contributed by atoms with Crippen LogP contribution in [0.3, 0.4) is 0 Å². The van der Waals surface area contributed by atoms with Gasteiger partial charge in [-0.15, -0.1) is 11.6 Å². The molecule has 2 N–H and O–H groups in total. The summed E-state index contributed by atoms with van der Waals surface area (Å²) in [4.78, 5) is 11.2. The Hall–Kier alpha value is -0.910. The lowest BCUT2D eigenvalue weighted by molar-refractivity contribution is -0.139. The Morgan fingerprint density at radius 1 is 1.26 bits per heavy atom. The fraction of sp³-hybridized carbons (Fsp3) is 0.462. The van der Waals surface area contributed by atoms with E-state index in [9.17, 15) is 14.1 Å². The average molecular weight is 305 g/mol. The number of carboxylic acid groups (broad SMARTS) is 1. The number of rotatable bonds is 8. The van der Waals surface area contributed by atoms with Gasteiger partial charge in [0, 0.05) is 5.88 Å². The minimum absolute atomic E-state index is 0.0598. The molecule has 0 bridgehead atoms. The molecule has 0 saturated heterocycles. The molecule has 6 heteroatoms. The molecule has 0 heterocycles. The lowest BCUT2D eigenvalue weighted by Crippen LogP contribution is -2.11. The summed E-state index contributed by atoms with van der Waals surface area (Å²) in [6, 6.07) is 6.81. The molecule has 4 nitrogen and oxygen atoms in total. The van der Waals surface area contributed by atoms with Crippen molar-refractivity contribution in [2.75, 3.05) is 5.88 Å². The Kier molecular flexibility index (Phi) is 7.05. The van der Waals surface area contributed by atoms with Crippen LogP contribution in [0, 0.1) is 0 Å². The summed E-state index contributed by atoms with van der Waals surface area (Å²) in [5.74, 6) is -0.803. The second kappa shape index (κ2) is 8.30. The van der Waals surface area contributed by atoms with Gasteiger partial charge in [-0.2, -0.15) is 0 Å². The number of alkyl halides is 1. The first-order chi connectivity index (χ1) is 9.04. The molecular formula is C13H17ClO4S. The highest BCUT2D eigenvalue weighted by molar-refractivity contribution is 7.78. The van der Waals surface area contributed by atoms with E-state index in [2.05, 4.69) is 0 Å². The van der Waals surface area contributed by atoms with Crippen LogP contribution in [0.1, 0.15) is 36.3 Å². The maximum Gasteiger partial charge on any atom is 0.310 e. The van der Waals surface area contributed by atoms with E-state index in [1.54, 1.807) is 24.3 Å². The summed E-state index contributed by atoms with van der Waals surface area (Å²) >= 11 is 3.70. The van der Waals surface area contributed by atoms with Crippen molar-refractivity contribution < 1.29 is 18.7 Å². The molecule has 1 aromatic carbocycles. The lowest BCUT2D eigenvalue weighted by Gasteiger charge is -2.12. The smallest absolute Gasteiger partial charge is 0.310 e. The van der Waals surface area contributed by atoms with Gasteiger partial charge in [0.25, 0.3) is 0 Å². The van der Waals surface area contributed by atoms with Crippen LogP contribution in [-0.2, 0) is 21.6 Å². The van der Waals surface area contributed by atoms with Gasteiger partial charge in [-0.05, 0) is 24.0 Å². The highest BCUT2D eigenvalue weighted by Gasteiger charge is 2.19. The summed E-state index contributed by atoms with van der Waals surface area (Å²) in [6.07, 6.45) is 2.11. The van der Waals surface area contributed by atoms with Gasteiger partial charge in [0.2, 0.25) is 0 Å². The van der Waals surface area contributed by atoms with Crippen molar-refractivity contribution in [2.45, 2.75) is 30.9 Å². The second-order valence-corrected chi connectivity index (χ2v) is 5.59. The predicted molar refractivity (Wildman–Crippen MR) is 75.9 cm³/mol. The van der Waals surface area contributed by atoms with E-state index in [1.807, 2.05) is 0 Å². The van der Waals surface area contributed by atoms with E-state index in [0.29, 0.717) is 12.3 Å². The largest absolute Gasteiger partial charge is 0.481 e. The first-order valence-corrected chi connectivity index (χ1v) is 7.80. The molecule has 0 amide bonds. The van der Waals surface area contributed by atoms with Crippen LogP contribution in [0.2, 0.25) is 0 Å². The molecule has 19 heavy (non-hydrogen) atoms. The Morgan fingerprint density at radius 3 is 2.37 bits per heavy atom. The van der Waals surface area contributed by atoms with Crippen molar-refractivity contribution in [3.63, 3.8) is 0 Å². The number of carboxylic acids is 1. The van der Waals surface area contributed by atoms with Gasteiger partial charge in [-0.25, -0.2) is 4.21 Å². The number of carbonyl (C=O) groups is 1. The van der Waals surface area contributed by atoms with E-state index < -0.39 is 23.0 Å². The normalized spacial score (nSPS) is 14.0. The van der Waals surface area contributed by atoms with Crippen LogP contribution >= 0.6 is 11.6 Å². The molecule has 0 aliphatic carbocycles. The fourth-order valence-corrected chi connectivity index (χ4v) is 2.53. The summed E-state index contributed by atoms with van der Waals surface area (Å²) in [7, 11) is 0. The van der Waals surface area contributed by atoms with E-state index in [0.717, 1.165) is 24.0 Å². The van der Waals surface area contributed by atoms with Gasteiger partial charge in [0.1, 0.15) is 0 Å². The molecule has 0 fully saturated rings. The van der Waals surface area contributed by atoms with E-state index in [4.69, 9.17) is 16.2 Å². The average Bonchev–Trinajstić information content (AvgIpc) is 2.35. The van der Waals surface area contributed by atoms with E-state index in [-0.39, 0.29) is 5.75 Å². The third-order valence-corrected chi connectivity index (χ3v) is 3.69. The maximum atomic E-state index is 11.2. The molecule has 1 rings (SSSR count). The number of benzene rings is 1. The molecule has 0 aliphatic heterocycles. The van der Waals surface area contributed by atoms with Crippen molar-refractivity contribution in [1.82, 2.24) is 0 Å². The van der Waals surface area contributed by atoms with Gasteiger partial charge < -0.3 is 9.66 Å². The topological polar surface area (TPSA) is 74.6 Å². The van der Waals surface area contributed by atoms with Crippen LogP contribution in [0.15, 0.2) is 24.3 Å². The Bertz CT molecular complexity index is 433. The zero-order valence-electron chi connectivity index (χ0n) is 10.4. The molecular weight excluding hydrogens is 288 g/mol. The van der Waals surface area contributed by atoms with Gasteiger partial charge in [0.05, 0.1) is 11.7 Å². The number of hydrogen-bond acceptors (Lipinski definition) is 2. The fourth-order valence-electron chi connectivity index (χ4n) is 1.86. The SMILES string of the molecule is O=C(O)C(CCCCCl)c1ccc(CS(=O)O)cc1. The number of hydrogen-bond donors (Lipinski definition) is 2. The lowest BCUT2D eigenvalue weighted by atomic mass is 9.93. The zero-order chi connectivity index (χ0) is 14.3. The third-order valence-electron chi connectivity index (χ3n) is 2.85. The molecule has 1 aromatic rings. The van der Waals surface area contributed by atoms with Crippen LogP contribution in [0.25, 0.3) is 0 Å². The van der Waals surface area contributed by atoms with Gasteiger partial charge in [-0.3, -0.25) is 4.79 Å². The van der Waals surface area contributed by atoms with Crippen molar-refractivity contribution in [3.8, 4) is 0 Å². The van der Waals surface area contributed by atoms with Crippen molar-refractivity contribution in [1.29, 1.82) is 0 Å². The summed E-state index contributed by atoms with van der Waals surface area (Å²) in [6.45, 7) is 0. The molecule has 0 aromatic heterocycles. The van der Waals surface area contributed by atoms with Crippen LogP contribution in [-0.4, -0.2) is 25.7 Å². The summed E-state index contributed by atoms with van der Waals surface area (Å²) in [5, 5.41) is 9.22. The first kappa shape index (κ1) is 16.1. The summed E-state index contributed by atoms with van der Waals surface area (Å²) in [5.41, 5.74) is 1.43. The van der Waals surface area contributed by atoms with Crippen LogP contribution < -0.4 is 0 Å². The quantitative estimate of drug-likeness (QED) is 0.440. The van der Waals surface area contributed by atoms with E-state index >= 15 is 0 Å². The standard InChI is InChI=1S/C13H17ClO4S/c14-8-2-1-3-12(13(15)16)11-6-4-10(5-7-11)9-19(17)18/h4-7,12H,1-3,8-9H2,(H,15,16)(H,17,18). The Balaban J connectivity index is 2.73. The molecule has 0 radical (unpaired) electrons. The minimum Gasteiger partial charge on any atom is -0.481 e. The van der Waals surface area contributed by atoms with Gasteiger partial charge >= 0.3 is 5.97 Å². The van der Waals surface area contributed by atoms with E-state index in [1.165, 1.54) is 0 Å². The predicted octanol–water partition coefficient (Wildman–Crippen LogP) is 2.99. The first-order valence-electron chi connectivity index (χ1n) is 5.99. The van der Waals surface area contributed by atoms with Crippen LogP contribution in [0.4, 0.5) is 0 Å². The number of halogens is 1. The molecule has 106 valence electrons. The molecule has 0 spiro atoms. The van der Waals surface area contributed by atoms with Crippen LogP contribution in [0.5, 0.6) is 0 Å². The second-order valence-electron chi connectivity index (χ2n) is 4.28. The molecule has 2 unspecified atom stereocenters. The maximum absolute atomic E-state index is 11.2. The summed E-state index contributed by atoms with van der Waals surface area (Å²) < 4.78 is 19.5. The molecule has 2 atom stereocenters. The highest BCUT2D eigenvalue weighted by Crippen LogP contribution is 2.23. The highest BCUT2D eigenvalue weighted by atomic mass is 35.5. The minimum atomic E-state index is -1.88. The van der Waals surface area contributed by atoms with Crippen molar-refractivity contribution in [2.24, 2.45) is 0 Å². The Labute approximate surface area is 120 Å². The molecule has 0 aliphatic rings. The third kappa shape index (κ3) is 5.72. The Morgan fingerprint density at radius 2 is 1.89 bits per heavy atom. The van der Waals surface area contributed by atoms with Gasteiger partial charge in [0.15, 0.2) is 11.1 Å². The monoisotopic (exact) mass is 304 g/mol. The number of unbranched alkanes of at least 4 members (excludes halogenated alkanes) is 1. The van der Waals surface area contributed by atoms with Crippen molar-refractivity contribution in [3.05, 3.63) is 35.4 Å². The van der Waals surface area contributed by atoms with Crippen molar-refractivity contribution >= 4 is 28.7 Å². The zero-order valence-corrected chi connectivity index (χ0v) is 12.0. The molecule has 0 saturated carbocycles.